The van der Waals surface area contributed by atoms with Crippen LogP contribution in [0.15, 0.2) is 60.7 Å². The van der Waals surface area contributed by atoms with E-state index in [2.05, 4.69) is 5.32 Å². The first-order valence-corrected chi connectivity index (χ1v) is 9.84. The summed E-state index contributed by atoms with van der Waals surface area (Å²) in [6, 6.07) is 15.4. The van der Waals surface area contributed by atoms with E-state index in [1.165, 1.54) is 0 Å². The topological polar surface area (TPSA) is 50.8 Å². The van der Waals surface area contributed by atoms with Gasteiger partial charge in [0.05, 0.1) is 25.9 Å². The molecule has 0 aliphatic carbocycles. The van der Waals surface area contributed by atoms with Crippen molar-refractivity contribution < 1.29 is 23.0 Å². The quantitative estimate of drug-likeness (QED) is 0.629. The van der Waals surface area contributed by atoms with Gasteiger partial charge in [-0.3, -0.25) is 0 Å². The number of carbonyl (C=O) groups is 1. The molecule has 5 nitrogen and oxygen atoms in total. The molecule has 0 saturated carbocycles. The van der Waals surface area contributed by atoms with E-state index in [9.17, 15) is 13.6 Å². The maximum absolute atomic E-state index is 14.1. The van der Waals surface area contributed by atoms with E-state index in [0.717, 1.165) is 34.9 Å². The molecule has 0 aromatic heterocycles. The van der Waals surface area contributed by atoms with Crippen molar-refractivity contribution in [2.75, 3.05) is 26.1 Å². The van der Waals surface area contributed by atoms with Gasteiger partial charge in [0.2, 0.25) is 0 Å². The van der Waals surface area contributed by atoms with Crippen LogP contribution in [0.1, 0.15) is 22.7 Å². The number of amides is 2. The first kappa shape index (κ1) is 20.7. The molecule has 3 aromatic rings. The number of hydrogen-bond acceptors (Lipinski definition) is 3. The molecule has 0 saturated heterocycles. The highest BCUT2D eigenvalue weighted by atomic mass is 19.1. The van der Waals surface area contributed by atoms with Crippen LogP contribution in [0.2, 0.25) is 0 Å². The van der Waals surface area contributed by atoms with Crippen LogP contribution in [0.4, 0.5) is 19.3 Å². The van der Waals surface area contributed by atoms with Crippen LogP contribution in [-0.4, -0.2) is 31.7 Å². The predicted octanol–water partition coefficient (Wildman–Crippen LogP) is 5.16. The Hall–Kier alpha value is -3.61. The molecule has 3 aromatic carbocycles. The van der Waals surface area contributed by atoms with E-state index < -0.39 is 23.7 Å². The summed E-state index contributed by atoms with van der Waals surface area (Å²) in [5, 5.41) is 2.52. The van der Waals surface area contributed by atoms with Crippen molar-refractivity contribution in [3.63, 3.8) is 0 Å². The third kappa shape index (κ3) is 4.03. The second-order valence-electron chi connectivity index (χ2n) is 7.22. The average molecular weight is 424 g/mol. The fourth-order valence-corrected chi connectivity index (χ4v) is 3.94. The van der Waals surface area contributed by atoms with Crippen molar-refractivity contribution in [1.82, 2.24) is 4.90 Å². The van der Waals surface area contributed by atoms with Crippen LogP contribution in [0.3, 0.4) is 0 Å². The molecule has 0 fully saturated rings. The lowest BCUT2D eigenvalue weighted by Gasteiger charge is -2.38. The van der Waals surface area contributed by atoms with E-state index in [4.69, 9.17) is 9.47 Å². The molecule has 1 heterocycles. The van der Waals surface area contributed by atoms with Gasteiger partial charge in [-0.2, -0.15) is 0 Å². The lowest BCUT2D eigenvalue weighted by Crippen LogP contribution is -2.43. The molecule has 1 atom stereocenters. The fraction of sp³-hybridized carbons (Fsp3) is 0.208. The molecule has 1 aliphatic heterocycles. The third-order valence-electron chi connectivity index (χ3n) is 5.42. The number of benzene rings is 3. The van der Waals surface area contributed by atoms with E-state index in [1.807, 2.05) is 42.5 Å². The number of fused-ring (bicyclic) bond motifs is 1. The van der Waals surface area contributed by atoms with Crippen molar-refractivity contribution in [2.45, 2.75) is 12.5 Å². The van der Waals surface area contributed by atoms with E-state index in [1.54, 1.807) is 19.1 Å². The number of ether oxygens (including phenoxy) is 2. The Morgan fingerprint density at radius 3 is 2.42 bits per heavy atom. The number of nitrogens with zero attached hydrogens (tertiary/aromatic N) is 1. The van der Waals surface area contributed by atoms with Gasteiger partial charge < -0.3 is 19.7 Å². The molecule has 1 N–H and O–H groups in total. The Balaban J connectivity index is 1.76. The van der Waals surface area contributed by atoms with Crippen LogP contribution < -0.4 is 14.8 Å². The number of halogens is 2. The maximum atomic E-state index is 14.1. The molecule has 1 aliphatic rings. The van der Waals surface area contributed by atoms with Gasteiger partial charge in [-0.05, 0) is 47.4 Å². The zero-order valence-corrected chi connectivity index (χ0v) is 17.2. The molecular weight excluding hydrogens is 402 g/mol. The highest BCUT2D eigenvalue weighted by Crippen LogP contribution is 2.41. The van der Waals surface area contributed by atoms with Gasteiger partial charge in [-0.25, -0.2) is 13.6 Å². The van der Waals surface area contributed by atoms with E-state index in [0.29, 0.717) is 24.5 Å². The summed E-state index contributed by atoms with van der Waals surface area (Å²) in [4.78, 5) is 14.8. The molecule has 7 heteroatoms. The summed E-state index contributed by atoms with van der Waals surface area (Å²) in [7, 11) is 3.14. The van der Waals surface area contributed by atoms with Crippen molar-refractivity contribution >= 4 is 11.7 Å². The Labute approximate surface area is 179 Å². The van der Waals surface area contributed by atoms with Gasteiger partial charge in [-0.1, -0.05) is 30.3 Å². The van der Waals surface area contributed by atoms with Crippen LogP contribution in [0.25, 0.3) is 0 Å². The van der Waals surface area contributed by atoms with Crippen LogP contribution in [-0.2, 0) is 6.42 Å². The average Bonchev–Trinajstić information content (AvgIpc) is 2.80. The van der Waals surface area contributed by atoms with Crippen molar-refractivity contribution in [2.24, 2.45) is 0 Å². The maximum Gasteiger partial charge on any atom is 0.322 e. The van der Waals surface area contributed by atoms with Crippen molar-refractivity contribution in [3.8, 4) is 11.5 Å². The van der Waals surface area contributed by atoms with Gasteiger partial charge >= 0.3 is 6.03 Å². The van der Waals surface area contributed by atoms with E-state index in [-0.39, 0.29) is 5.69 Å². The summed E-state index contributed by atoms with van der Waals surface area (Å²) in [6.07, 6.45) is 0.581. The van der Waals surface area contributed by atoms with Gasteiger partial charge in [-0.15, -0.1) is 0 Å². The van der Waals surface area contributed by atoms with Crippen molar-refractivity contribution in [3.05, 3.63) is 89.0 Å². The summed E-state index contributed by atoms with van der Waals surface area (Å²) < 4.78 is 38.6. The zero-order chi connectivity index (χ0) is 22.0. The highest BCUT2D eigenvalue weighted by molar-refractivity contribution is 5.90. The first-order chi connectivity index (χ1) is 15.0. The Morgan fingerprint density at radius 1 is 1.00 bits per heavy atom. The normalized spacial score (nSPS) is 15.2. The number of carbonyl (C=O) groups excluding carboxylic acids is 1. The molecule has 0 unspecified atom stereocenters. The van der Waals surface area contributed by atoms with Gasteiger partial charge in [0.15, 0.2) is 11.5 Å². The minimum absolute atomic E-state index is 0.199. The van der Waals surface area contributed by atoms with Crippen LogP contribution in [0.5, 0.6) is 11.5 Å². The standard InChI is InChI=1S/C24H22F2N2O3/c1-30-21-12-16-10-11-28(24(29)27-20-13-17(25)8-9-19(20)26)23(15-6-4-3-5-7-15)18(16)14-22(21)31-2/h3-9,12-14,23H,10-11H2,1-2H3,(H,27,29)/t23-/m1/s1. The minimum Gasteiger partial charge on any atom is -0.493 e. The SMILES string of the molecule is COc1cc2c(cc1OC)[C@@H](c1ccccc1)N(C(=O)Nc1cc(F)ccc1F)CC2. The predicted molar refractivity (Wildman–Crippen MR) is 114 cm³/mol. The molecule has 0 radical (unpaired) electrons. The largest absolute Gasteiger partial charge is 0.493 e. The molecule has 31 heavy (non-hydrogen) atoms. The number of anilines is 1. The Kier molecular flexibility index (Phi) is 5.75. The summed E-state index contributed by atoms with van der Waals surface area (Å²) in [5.74, 6) is -0.152. The minimum atomic E-state index is -0.699. The third-order valence-corrected chi connectivity index (χ3v) is 5.42. The number of urea groups is 1. The van der Waals surface area contributed by atoms with Gasteiger partial charge in [0.25, 0.3) is 0 Å². The molecule has 2 amide bonds. The summed E-state index contributed by atoms with van der Waals surface area (Å²) in [6.45, 7) is 0.394. The summed E-state index contributed by atoms with van der Waals surface area (Å²) >= 11 is 0. The van der Waals surface area contributed by atoms with Crippen molar-refractivity contribution in [1.29, 1.82) is 0 Å². The Morgan fingerprint density at radius 2 is 1.71 bits per heavy atom. The zero-order valence-electron chi connectivity index (χ0n) is 17.2. The van der Waals surface area contributed by atoms with Gasteiger partial charge in [0, 0.05) is 12.6 Å². The number of hydrogen-bond donors (Lipinski definition) is 1. The van der Waals surface area contributed by atoms with Crippen LogP contribution >= 0.6 is 0 Å². The lowest BCUT2D eigenvalue weighted by atomic mass is 9.88. The monoisotopic (exact) mass is 424 g/mol. The number of rotatable bonds is 4. The lowest BCUT2D eigenvalue weighted by molar-refractivity contribution is 0.193. The van der Waals surface area contributed by atoms with Crippen LogP contribution in [0, 0.1) is 11.6 Å². The smallest absolute Gasteiger partial charge is 0.322 e. The molecule has 0 spiro atoms. The van der Waals surface area contributed by atoms with E-state index >= 15 is 0 Å². The molecule has 160 valence electrons. The molecule has 0 bridgehead atoms. The second kappa shape index (κ2) is 8.63. The Bertz CT molecular complexity index is 1110. The molecular formula is C24H22F2N2O3. The van der Waals surface area contributed by atoms with Gasteiger partial charge in [0.1, 0.15) is 11.6 Å². The first-order valence-electron chi connectivity index (χ1n) is 9.84. The molecule has 4 rings (SSSR count). The summed E-state index contributed by atoms with van der Waals surface area (Å²) in [5.41, 5.74) is 2.62. The fourth-order valence-electron chi connectivity index (χ4n) is 3.94. The second-order valence-corrected chi connectivity index (χ2v) is 7.22. The number of methoxy groups -OCH3 is 2. The number of nitrogens with one attached hydrogen (secondary N) is 1. The highest BCUT2D eigenvalue weighted by Gasteiger charge is 2.33.